The molecule has 17 heavy (non-hydrogen) atoms. The van der Waals surface area contributed by atoms with E-state index in [2.05, 4.69) is 15.6 Å². The maximum atomic E-state index is 10.7. The summed E-state index contributed by atoms with van der Waals surface area (Å²) in [4.78, 5) is 10.7. The van der Waals surface area contributed by atoms with Gasteiger partial charge in [0.1, 0.15) is 0 Å². The van der Waals surface area contributed by atoms with E-state index < -0.39 is 5.97 Å². The van der Waals surface area contributed by atoms with Crippen LogP contribution in [-0.4, -0.2) is 26.1 Å². The molecular weight excluding hydrogens is 220 g/mol. The van der Waals surface area contributed by atoms with Gasteiger partial charge in [0.15, 0.2) is 0 Å². The van der Waals surface area contributed by atoms with Crippen LogP contribution in [-0.2, 0) is 13.6 Å². The van der Waals surface area contributed by atoms with Gasteiger partial charge in [-0.1, -0.05) is 5.21 Å². The van der Waals surface area contributed by atoms with Crippen molar-refractivity contribution in [3.63, 3.8) is 0 Å². The Morgan fingerprint density at radius 2 is 2.12 bits per heavy atom. The molecule has 2 aromatic rings. The summed E-state index contributed by atoms with van der Waals surface area (Å²) in [7, 11) is 1.82. The normalized spacial score (nSPS) is 10.2. The SMILES string of the molecule is Cn1nncc1CNc1ccc(C(=O)O)cc1. The quantitative estimate of drug-likeness (QED) is 0.825. The molecule has 2 N–H and O–H groups in total. The molecular formula is C11H12N4O2. The van der Waals surface area contributed by atoms with Gasteiger partial charge in [0, 0.05) is 12.7 Å². The minimum Gasteiger partial charge on any atom is -0.478 e. The van der Waals surface area contributed by atoms with Crippen LogP contribution < -0.4 is 5.32 Å². The number of aromatic nitrogens is 3. The maximum absolute atomic E-state index is 10.7. The first-order valence-electron chi connectivity index (χ1n) is 5.07. The highest BCUT2D eigenvalue weighted by atomic mass is 16.4. The molecule has 0 aliphatic carbocycles. The van der Waals surface area contributed by atoms with E-state index in [9.17, 15) is 4.79 Å². The van der Waals surface area contributed by atoms with Crippen molar-refractivity contribution in [2.45, 2.75) is 6.54 Å². The molecule has 0 atom stereocenters. The van der Waals surface area contributed by atoms with E-state index in [-0.39, 0.29) is 5.56 Å². The number of benzene rings is 1. The first-order chi connectivity index (χ1) is 8.16. The van der Waals surface area contributed by atoms with Crippen LogP contribution in [0.25, 0.3) is 0 Å². The van der Waals surface area contributed by atoms with Crippen molar-refractivity contribution in [1.29, 1.82) is 0 Å². The van der Waals surface area contributed by atoms with Crippen LogP contribution in [0.15, 0.2) is 30.5 Å². The minimum absolute atomic E-state index is 0.276. The van der Waals surface area contributed by atoms with Gasteiger partial charge in [0.2, 0.25) is 0 Å². The van der Waals surface area contributed by atoms with Crippen molar-refractivity contribution in [1.82, 2.24) is 15.0 Å². The molecule has 0 saturated carbocycles. The van der Waals surface area contributed by atoms with Crippen LogP contribution in [0, 0.1) is 0 Å². The number of aromatic carboxylic acids is 1. The van der Waals surface area contributed by atoms with Crippen LogP contribution in [0.2, 0.25) is 0 Å². The van der Waals surface area contributed by atoms with Crippen molar-refractivity contribution in [3.8, 4) is 0 Å². The Labute approximate surface area is 97.9 Å². The maximum Gasteiger partial charge on any atom is 0.335 e. The van der Waals surface area contributed by atoms with E-state index in [0.29, 0.717) is 6.54 Å². The number of carboxylic acid groups (broad SMARTS) is 1. The number of carbonyl (C=O) groups is 1. The molecule has 0 spiro atoms. The van der Waals surface area contributed by atoms with Crippen molar-refractivity contribution >= 4 is 11.7 Å². The third-order valence-corrected chi connectivity index (χ3v) is 2.41. The number of nitrogens with zero attached hydrogens (tertiary/aromatic N) is 3. The monoisotopic (exact) mass is 232 g/mol. The van der Waals surface area contributed by atoms with Crippen LogP contribution in [0.5, 0.6) is 0 Å². The zero-order chi connectivity index (χ0) is 12.3. The molecule has 0 aliphatic heterocycles. The number of carboxylic acids is 1. The molecule has 2 rings (SSSR count). The molecule has 0 fully saturated rings. The fourth-order valence-corrected chi connectivity index (χ4v) is 1.39. The predicted molar refractivity (Wildman–Crippen MR) is 61.7 cm³/mol. The zero-order valence-corrected chi connectivity index (χ0v) is 9.29. The second kappa shape index (κ2) is 4.65. The number of hydrogen-bond donors (Lipinski definition) is 2. The van der Waals surface area contributed by atoms with Gasteiger partial charge in [0.25, 0.3) is 0 Å². The zero-order valence-electron chi connectivity index (χ0n) is 9.29. The van der Waals surface area contributed by atoms with Crippen LogP contribution >= 0.6 is 0 Å². The Kier molecular flexibility index (Phi) is 3.04. The molecule has 0 radical (unpaired) electrons. The summed E-state index contributed by atoms with van der Waals surface area (Å²) in [5, 5.41) is 19.5. The number of nitrogens with one attached hydrogen (secondary N) is 1. The van der Waals surface area contributed by atoms with Gasteiger partial charge in [-0.05, 0) is 24.3 Å². The van der Waals surface area contributed by atoms with E-state index in [1.165, 1.54) is 0 Å². The second-order valence-corrected chi connectivity index (χ2v) is 3.59. The van der Waals surface area contributed by atoms with E-state index in [1.807, 2.05) is 7.05 Å². The molecule has 0 saturated heterocycles. The molecule has 6 nitrogen and oxygen atoms in total. The average Bonchev–Trinajstić information content (AvgIpc) is 2.73. The summed E-state index contributed by atoms with van der Waals surface area (Å²) in [6, 6.07) is 6.58. The Morgan fingerprint density at radius 1 is 1.41 bits per heavy atom. The first-order valence-corrected chi connectivity index (χ1v) is 5.07. The summed E-state index contributed by atoms with van der Waals surface area (Å²) in [5.41, 5.74) is 2.08. The van der Waals surface area contributed by atoms with Gasteiger partial charge in [-0.15, -0.1) is 5.10 Å². The Hall–Kier alpha value is -2.37. The molecule has 0 amide bonds. The highest BCUT2D eigenvalue weighted by Crippen LogP contribution is 2.10. The third-order valence-electron chi connectivity index (χ3n) is 2.41. The lowest BCUT2D eigenvalue weighted by atomic mass is 10.2. The summed E-state index contributed by atoms with van der Waals surface area (Å²) >= 11 is 0. The lowest BCUT2D eigenvalue weighted by Gasteiger charge is -2.06. The Morgan fingerprint density at radius 3 is 2.65 bits per heavy atom. The topological polar surface area (TPSA) is 80.0 Å². The van der Waals surface area contributed by atoms with Gasteiger partial charge in [0.05, 0.1) is 24.0 Å². The molecule has 6 heteroatoms. The Balaban J connectivity index is 2.00. The van der Waals surface area contributed by atoms with E-state index in [0.717, 1.165) is 11.4 Å². The smallest absolute Gasteiger partial charge is 0.335 e. The summed E-state index contributed by atoms with van der Waals surface area (Å²) in [6.07, 6.45) is 1.68. The summed E-state index contributed by atoms with van der Waals surface area (Å²) in [6.45, 7) is 0.593. The van der Waals surface area contributed by atoms with Crippen molar-refractivity contribution in [2.24, 2.45) is 7.05 Å². The number of anilines is 1. The standard InChI is InChI=1S/C11H12N4O2/c1-15-10(7-13-14-15)6-12-9-4-2-8(3-5-9)11(16)17/h2-5,7,12H,6H2,1H3,(H,16,17). The van der Waals surface area contributed by atoms with Crippen LogP contribution in [0.3, 0.4) is 0 Å². The van der Waals surface area contributed by atoms with Crippen molar-refractivity contribution in [2.75, 3.05) is 5.32 Å². The summed E-state index contributed by atoms with van der Waals surface area (Å²) < 4.78 is 1.68. The van der Waals surface area contributed by atoms with Gasteiger partial charge in [-0.3, -0.25) is 4.68 Å². The van der Waals surface area contributed by atoms with Crippen LogP contribution in [0.1, 0.15) is 16.1 Å². The predicted octanol–water partition coefficient (Wildman–Crippen LogP) is 1.13. The van der Waals surface area contributed by atoms with Gasteiger partial charge >= 0.3 is 5.97 Å². The fraction of sp³-hybridized carbons (Fsp3) is 0.182. The molecule has 88 valence electrons. The van der Waals surface area contributed by atoms with E-state index in [4.69, 9.17) is 5.11 Å². The van der Waals surface area contributed by atoms with Crippen molar-refractivity contribution in [3.05, 3.63) is 41.7 Å². The average molecular weight is 232 g/mol. The first kappa shape index (κ1) is 11.1. The number of hydrogen-bond acceptors (Lipinski definition) is 4. The van der Waals surface area contributed by atoms with E-state index in [1.54, 1.807) is 35.1 Å². The fourth-order valence-electron chi connectivity index (χ4n) is 1.39. The number of aryl methyl sites for hydroxylation is 1. The minimum atomic E-state index is -0.924. The summed E-state index contributed by atoms with van der Waals surface area (Å²) in [5.74, 6) is -0.924. The molecule has 0 aliphatic rings. The van der Waals surface area contributed by atoms with Crippen molar-refractivity contribution < 1.29 is 9.90 Å². The van der Waals surface area contributed by atoms with Crippen LogP contribution in [0.4, 0.5) is 5.69 Å². The lowest BCUT2D eigenvalue weighted by molar-refractivity contribution is 0.0697. The third kappa shape index (κ3) is 2.60. The van der Waals surface area contributed by atoms with Gasteiger partial charge in [-0.2, -0.15) is 0 Å². The van der Waals surface area contributed by atoms with E-state index >= 15 is 0 Å². The Bertz CT molecular complexity index is 519. The second-order valence-electron chi connectivity index (χ2n) is 3.59. The lowest BCUT2D eigenvalue weighted by Crippen LogP contribution is -2.05. The largest absolute Gasteiger partial charge is 0.478 e. The molecule has 0 bridgehead atoms. The van der Waals surface area contributed by atoms with Gasteiger partial charge in [-0.25, -0.2) is 4.79 Å². The highest BCUT2D eigenvalue weighted by molar-refractivity contribution is 5.87. The molecule has 1 aromatic carbocycles. The molecule has 1 aromatic heterocycles. The molecule has 1 heterocycles. The highest BCUT2D eigenvalue weighted by Gasteiger charge is 2.02. The molecule has 0 unspecified atom stereocenters. The van der Waals surface area contributed by atoms with Gasteiger partial charge < -0.3 is 10.4 Å². The number of rotatable bonds is 4.